The molecular weight excluding hydrogens is 404 g/mol. The summed E-state index contributed by atoms with van der Waals surface area (Å²) in [7, 11) is -3.17. The molecule has 1 amide bonds. The summed E-state index contributed by atoms with van der Waals surface area (Å²) in [6, 6.07) is 15.1. The van der Waals surface area contributed by atoms with Crippen molar-refractivity contribution in [1.29, 1.82) is 0 Å². The van der Waals surface area contributed by atoms with Gasteiger partial charge in [0, 0.05) is 36.1 Å². The molecule has 0 saturated carbocycles. The molecule has 0 atom stereocenters. The van der Waals surface area contributed by atoms with Crippen LogP contribution in [0.2, 0.25) is 0 Å². The molecule has 5 nitrogen and oxygen atoms in total. The zero-order valence-corrected chi connectivity index (χ0v) is 18.6. The Balaban J connectivity index is 1.53. The number of hydrogen-bond acceptors (Lipinski definition) is 5. The van der Waals surface area contributed by atoms with Gasteiger partial charge in [0.1, 0.15) is 0 Å². The quantitative estimate of drug-likeness (QED) is 0.722. The number of thioether (sulfide) groups is 1. The van der Waals surface area contributed by atoms with E-state index in [0.29, 0.717) is 10.5 Å². The van der Waals surface area contributed by atoms with Crippen molar-refractivity contribution in [3.05, 3.63) is 59.7 Å². The highest BCUT2D eigenvalue weighted by Crippen LogP contribution is 2.23. The molecule has 0 bridgehead atoms. The topological polar surface area (TPSA) is 66.5 Å². The molecule has 1 N–H and O–H groups in total. The molecule has 1 fully saturated rings. The lowest BCUT2D eigenvalue weighted by Crippen LogP contribution is -2.44. The molecule has 156 valence electrons. The summed E-state index contributed by atoms with van der Waals surface area (Å²) in [5, 5.41) is 3.15. The fourth-order valence-corrected chi connectivity index (χ4v) is 4.91. The highest BCUT2D eigenvalue weighted by molar-refractivity contribution is 7.97. The van der Waals surface area contributed by atoms with E-state index in [4.69, 9.17) is 0 Å². The van der Waals surface area contributed by atoms with Crippen molar-refractivity contribution in [2.75, 3.05) is 30.0 Å². The Hall–Kier alpha value is -1.99. The summed E-state index contributed by atoms with van der Waals surface area (Å²) in [6.45, 7) is 3.32. The van der Waals surface area contributed by atoms with Gasteiger partial charge in [0.15, 0.2) is 9.84 Å². The lowest BCUT2D eigenvalue weighted by atomic mass is 10.0. The Kier molecular flexibility index (Phi) is 7.24. The number of hydrogen-bond donors (Lipinski definition) is 1. The lowest BCUT2D eigenvalue weighted by molar-refractivity contribution is 0.0931. The predicted molar refractivity (Wildman–Crippen MR) is 121 cm³/mol. The van der Waals surface area contributed by atoms with E-state index < -0.39 is 9.84 Å². The number of sulfone groups is 1. The molecule has 0 spiro atoms. The zero-order valence-electron chi connectivity index (χ0n) is 16.9. The highest BCUT2D eigenvalue weighted by atomic mass is 32.2. The van der Waals surface area contributed by atoms with Gasteiger partial charge >= 0.3 is 0 Å². The van der Waals surface area contributed by atoms with Gasteiger partial charge in [0.25, 0.3) is 5.91 Å². The smallest absolute Gasteiger partial charge is 0.251 e. The first-order chi connectivity index (χ1) is 13.9. The van der Waals surface area contributed by atoms with Gasteiger partial charge in [-0.05, 0) is 61.1 Å². The number of carbonyl (C=O) groups is 1. The summed E-state index contributed by atoms with van der Waals surface area (Å²) in [5.74, 6) is 1.04. The van der Waals surface area contributed by atoms with E-state index in [1.54, 1.807) is 30.8 Å². The fourth-order valence-electron chi connectivity index (χ4n) is 3.50. The highest BCUT2D eigenvalue weighted by Gasteiger charge is 2.22. The summed E-state index contributed by atoms with van der Waals surface area (Å²) in [5.41, 5.74) is 2.94. The molecular formula is C22H28N2O3S2. The van der Waals surface area contributed by atoms with Crippen molar-refractivity contribution in [3.63, 3.8) is 0 Å². The van der Waals surface area contributed by atoms with Gasteiger partial charge in [0.2, 0.25) is 0 Å². The summed E-state index contributed by atoms with van der Waals surface area (Å²) >= 11 is 1.76. The number of nitrogens with one attached hydrogen (secondary N) is 1. The van der Waals surface area contributed by atoms with Crippen molar-refractivity contribution in [1.82, 2.24) is 5.32 Å². The second kappa shape index (κ2) is 9.67. The van der Waals surface area contributed by atoms with Crippen LogP contribution in [0.5, 0.6) is 0 Å². The first-order valence-corrected chi connectivity index (χ1v) is 12.9. The van der Waals surface area contributed by atoms with Gasteiger partial charge < -0.3 is 10.2 Å². The average molecular weight is 433 g/mol. The van der Waals surface area contributed by atoms with Gasteiger partial charge in [-0.1, -0.05) is 19.1 Å². The van der Waals surface area contributed by atoms with Crippen LogP contribution in [-0.2, 0) is 15.6 Å². The standard InChI is InChI=1S/C22H28N2O3S2/c1-3-29(26,27)21-10-8-20(9-11-21)24-14-12-19(13-15-24)23-22(25)18-6-4-17(5-7-18)16-28-2/h4-11,19H,3,12-16H2,1-2H3,(H,23,25). The molecule has 0 radical (unpaired) electrons. The summed E-state index contributed by atoms with van der Waals surface area (Å²) in [4.78, 5) is 15.1. The molecule has 0 aromatic heterocycles. The van der Waals surface area contributed by atoms with Crippen LogP contribution in [0.15, 0.2) is 53.4 Å². The number of nitrogens with zero attached hydrogens (tertiary/aromatic N) is 1. The predicted octanol–water partition coefficient (Wildman–Crippen LogP) is 3.74. The third-order valence-electron chi connectivity index (χ3n) is 5.30. The van der Waals surface area contributed by atoms with E-state index in [0.717, 1.165) is 37.4 Å². The first kappa shape index (κ1) is 21.7. The van der Waals surface area contributed by atoms with Crippen LogP contribution in [0.3, 0.4) is 0 Å². The third kappa shape index (κ3) is 5.54. The van der Waals surface area contributed by atoms with Gasteiger partial charge in [0.05, 0.1) is 10.6 Å². The number of carbonyl (C=O) groups excluding carboxylic acids is 1. The van der Waals surface area contributed by atoms with Crippen LogP contribution in [0.1, 0.15) is 35.7 Å². The van der Waals surface area contributed by atoms with Gasteiger partial charge in [-0.3, -0.25) is 4.79 Å². The van der Waals surface area contributed by atoms with E-state index in [1.165, 1.54) is 5.56 Å². The van der Waals surface area contributed by atoms with Crippen LogP contribution in [-0.4, -0.2) is 45.5 Å². The van der Waals surface area contributed by atoms with E-state index in [9.17, 15) is 13.2 Å². The minimum atomic E-state index is -3.17. The SMILES string of the molecule is CCS(=O)(=O)c1ccc(N2CCC(NC(=O)c3ccc(CSC)cc3)CC2)cc1. The molecule has 1 saturated heterocycles. The van der Waals surface area contributed by atoms with Crippen LogP contribution in [0.25, 0.3) is 0 Å². The Bertz CT molecular complexity index is 918. The van der Waals surface area contributed by atoms with Crippen molar-refractivity contribution < 1.29 is 13.2 Å². The number of benzene rings is 2. The van der Waals surface area contributed by atoms with E-state index in [2.05, 4.69) is 16.5 Å². The molecule has 3 rings (SSSR count). The van der Waals surface area contributed by atoms with E-state index in [-0.39, 0.29) is 17.7 Å². The maximum absolute atomic E-state index is 12.5. The molecule has 1 heterocycles. The molecule has 2 aromatic carbocycles. The second-order valence-electron chi connectivity index (χ2n) is 7.26. The van der Waals surface area contributed by atoms with Gasteiger partial charge in [-0.15, -0.1) is 0 Å². The van der Waals surface area contributed by atoms with Crippen molar-refractivity contribution in [2.45, 2.75) is 36.5 Å². The molecule has 0 unspecified atom stereocenters. The maximum Gasteiger partial charge on any atom is 0.251 e. The van der Waals surface area contributed by atoms with Gasteiger partial charge in [-0.2, -0.15) is 11.8 Å². The Morgan fingerprint density at radius 1 is 1.07 bits per heavy atom. The van der Waals surface area contributed by atoms with Gasteiger partial charge in [-0.25, -0.2) is 8.42 Å². The molecule has 7 heteroatoms. The summed E-state index contributed by atoms with van der Waals surface area (Å²) < 4.78 is 23.9. The Morgan fingerprint density at radius 3 is 2.24 bits per heavy atom. The van der Waals surface area contributed by atoms with Crippen LogP contribution < -0.4 is 10.2 Å². The number of piperidine rings is 1. The number of anilines is 1. The van der Waals surface area contributed by atoms with E-state index in [1.807, 2.05) is 36.4 Å². The molecule has 1 aliphatic heterocycles. The molecule has 0 aliphatic carbocycles. The number of amides is 1. The minimum absolute atomic E-state index is 0.0201. The Morgan fingerprint density at radius 2 is 1.69 bits per heavy atom. The zero-order chi connectivity index (χ0) is 20.9. The second-order valence-corrected chi connectivity index (χ2v) is 10.4. The summed E-state index contributed by atoms with van der Waals surface area (Å²) in [6.07, 6.45) is 3.80. The molecule has 2 aromatic rings. The maximum atomic E-state index is 12.5. The fraction of sp³-hybridized carbons (Fsp3) is 0.409. The van der Waals surface area contributed by atoms with E-state index >= 15 is 0 Å². The molecule has 1 aliphatic rings. The Labute approximate surface area is 177 Å². The average Bonchev–Trinajstić information content (AvgIpc) is 2.75. The van der Waals surface area contributed by atoms with Crippen molar-refractivity contribution in [2.24, 2.45) is 0 Å². The lowest BCUT2D eigenvalue weighted by Gasteiger charge is -2.34. The monoisotopic (exact) mass is 432 g/mol. The van der Waals surface area contributed by atoms with Crippen LogP contribution in [0, 0.1) is 0 Å². The van der Waals surface area contributed by atoms with Crippen LogP contribution in [0.4, 0.5) is 5.69 Å². The normalized spacial score (nSPS) is 15.3. The minimum Gasteiger partial charge on any atom is -0.371 e. The third-order valence-corrected chi connectivity index (χ3v) is 7.67. The first-order valence-electron chi connectivity index (χ1n) is 9.89. The van der Waals surface area contributed by atoms with Crippen LogP contribution >= 0.6 is 11.8 Å². The van der Waals surface area contributed by atoms with Crippen molar-refractivity contribution >= 4 is 33.2 Å². The van der Waals surface area contributed by atoms with Crippen molar-refractivity contribution in [3.8, 4) is 0 Å². The molecule has 29 heavy (non-hydrogen) atoms. The number of rotatable bonds is 7. The largest absolute Gasteiger partial charge is 0.371 e.